The number of quaternary nitrogens is 2. The van der Waals surface area contributed by atoms with Crippen molar-refractivity contribution in [2.75, 3.05) is 46.4 Å². The molecule has 2 aliphatic heterocycles. The topological polar surface area (TPSA) is 44.4 Å². The average molecular weight is 527 g/mol. The molecule has 2 aromatic carbocycles. The van der Waals surface area contributed by atoms with Crippen LogP contribution in [0.3, 0.4) is 0 Å². The molecule has 5 nitrogen and oxygen atoms in total. The van der Waals surface area contributed by atoms with Crippen LogP contribution in [0, 0.1) is 0 Å². The van der Waals surface area contributed by atoms with Gasteiger partial charge in [0.15, 0.2) is 0 Å². The van der Waals surface area contributed by atoms with Gasteiger partial charge in [0.2, 0.25) is 0 Å². The van der Waals surface area contributed by atoms with Gasteiger partial charge >= 0.3 is 5.97 Å². The van der Waals surface area contributed by atoms with Crippen molar-refractivity contribution < 1.29 is 24.1 Å². The van der Waals surface area contributed by atoms with Crippen molar-refractivity contribution in [2.45, 2.75) is 80.5 Å². The van der Waals surface area contributed by atoms with E-state index in [9.17, 15) is 4.79 Å². The minimum atomic E-state index is -0.0163. The Kier molecular flexibility index (Phi) is 11.2. The van der Waals surface area contributed by atoms with E-state index in [0.29, 0.717) is 19.1 Å². The largest absolute Gasteiger partial charge is 0.497 e. The van der Waals surface area contributed by atoms with Crippen molar-refractivity contribution in [3.05, 3.63) is 53.6 Å². The van der Waals surface area contributed by atoms with Gasteiger partial charge in [0.1, 0.15) is 51.1 Å². The van der Waals surface area contributed by atoms with Crippen molar-refractivity contribution in [3.63, 3.8) is 0 Å². The van der Waals surface area contributed by atoms with Crippen molar-refractivity contribution in [3.8, 4) is 5.75 Å². The summed E-state index contributed by atoms with van der Waals surface area (Å²) in [5.41, 5.74) is 2.86. The molecule has 0 amide bonds. The Morgan fingerprint density at radius 3 is 2.49 bits per heavy atom. The molecule has 0 aliphatic carbocycles. The third-order valence-electron chi connectivity index (χ3n) is 8.00. The summed E-state index contributed by atoms with van der Waals surface area (Å²) < 4.78 is 11.2. The predicted molar refractivity (Wildman–Crippen MR) is 150 cm³/mol. The number of piperazine rings is 1. The number of hydrogen-bond donors (Lipinski definition) is 2. The van der Waals surface area contributed by atoms with E-state index in [-0.39, 0.29) is 5.97 Å². The monoisotopic (exact) mass is 526 g/mol. The standard InChI is InChI=1S/C31H44N2O3S/c1-3-4-5-6-7-8-9-14-31(34)36-22-21-32-17-19-33(20-18-32)28-23-25-12-10-11-13-29(25)37-30-16-15-26(35-2)24-27(28)30/h10-13,15-16,24,28H,3-9,14,17-23H2,1-2H3/p+2/t28-/m0/s1. The van der Waals surface area contributed by atoms with Crippen LogP contribution in [0.25, 0.3) is 0 Å². The molecule has 0 saturated carbocycles. The minimum absolute atomic E-state index is 0.0163. The van der Waals surface area contributed by atoms with Gasteiger partial charge in [-0.15, -0.1) is 0 Å². The van der Waals surface area contributed by atoms with Gasteiger partial charge in [0.05, 0.1) is 7.11 Å². The Morgan fingerprint density at radius 2 is 1.70 bits per heavy atom. The van der Waals surface area contributed by atoms with Gasteiger partial charge in [-0.25, -0.2) is 0 Å². The van der Waals surface area contributed by atoms with Crippen LogP contribution in [-0.4, -0.2) is 52.4 Å². The highest BCUT2D eigenvalue weighted by Crippen LogP contribution is 2.41. The maximum atomic E-state index is 12.1. The highest BCUT2D eigenvalue weighted by molar-refractivity contribution is 7.99. The van der Waals surface area contributed by atoms with Crippen LogP contribution in [0.5, 0.6) is 5.75 Å². The fourth-order valence-electron chi connectivity index (χ4n) is 5.73. The van der Waals surface area contributed by atoms with Crippen LogP contribution in [0.2, 0.25) is 0 Å². The summed E-state index contributed by atoms with van der Waals surface area (Å²) in [5, 5.41) is 0. The second-order valence-electron chi connectivity index (χ2n) is 10.6. The zero-order chi connectivity index (χ0) is 25.9. The quantitative estimate of drug-likeness (QED) is 0.307. The SMILES string of the molecule is CCCCCCCCCC(=O)OCC[NH+]1CC[NH+]([C@H]2Cc3ccccc3Sc3ccc(OC)cc32)CC1. The molecular weight excluding hydrogens is 480 g/mol. The number of fused-ring (bicyclic) bond motifs is 2. The molecule has 0 unspecified atom stereocenters. The highest BCUT2D eigenvalue weighted by Gasteiger charge is 2.34. The van der Waals surface area contributed by atoms with Gasteiger partial charge in [-0.3, -0.25) is 4.79 Å². The van der Waals surface area contributed by atoms with Gasteiger partial charge in [0, 0.05) is 28.2 Å². The average Bonchev–Trinajstić information content (AvgIpc) is 3.09. The molecule has 4 rings (SSSR count). The van der Waals surface area contributed by atoms with E-state index in [0.717, 1.165) is 57.7 Å². The van der Waals surface area contributed by atoms with E-state index in [4.69, 9.17) is 9.47 Å². The number of carbonyl (C=O) groups is 1. The first-order chi connectivity index (χ1) is 18.2. The first-order valence-corrected chi connectivity index (χ1v) is 15.3. The van der Waals surface area contributed by atoms with Gasteiger partial charge < -0.3 is 19.3 Å². The van der Waals surface area contributed by atoms with Crippen molar-refractivity contribution in [2.24, 2.45) is 0 Å². The van der Waals surface area contributed by atoms with Crippen LogP contribution < -0.4 is 14.5 Å². The highest BCUT2D eigenvalue weighted by atomic mass is 32.2. The van der Waals surface area contributed by atoms with Gasteiger partial charge in [-0.2, -0.15) is 0 Å². The Balaban J connectivity index is 1.23. The summed E-state index contributed by atoms with van der Waals surface area (Å²) in [5.74, 6) is 0.926. The lowest BCUT2D eigenvalue weighted by molar-refractivity contribution is -1.03. The summed E-state index contributed by atoms with van der Waals surface area (Å²) in [7, 11) is 1.76. The number of methoxy groups -OCH3 is 1. The van der Waals surface area contributed by atoms with Crippen LogP contribution in [-0.2, 0) is 16.0 Å². The molecule has 2 aliphatic rings. The normalized spacial score (nSPS) is 21.0. The number of benzene rings is 2. The fraction of sp³-hybridized carbons (Fsp3) is 0.581. The molecule has 1 fully saturated rings. The molecule has 6 heteroatoms. The summed E-state index contributed by atoms with van der Waals surface area (Å²) in [4.78, 5) is 18.1. The minimum Gasteiger partial charge on any atom is -0.497 e. The summed E-state index contributed by atoms with van der Waals surface area (Å²) in [6, 6.07) is 15.9. The van der Waals surface area contributed by atoms with E-state index in [1.165, 1.54) is 53.0 Å². The number of rotatable bonds is 13. The van der Waals surface area contributed by atoms with Crippen molar-refractivity contribution in [1.82, 2.24) is 0 Å². The number of nitrogens with one attached hydrogen (secondary N) is 2. The first-order valence-electron chi connectivity index (χ1n) is 14.5. The van der Waals surface area contributed by atoms with Crippen LogP contribution in [0.4, 0.5) is 0 Å². The number of hydrogen-bond acceptors (Lipinski definition) is 4. The molecule has 1 atom stereocenters. The maximum Gasteiger partial charge on any atom is 0.305 e. The summed E-state index contributed by atoms with van der Waals surface area (Å²) in [6.45, 7) is 8.22. The summed E-state index contributed by atoms with van der Waals surface area (Å²) >= 11 is 1.89. The molecule has 0 aromatic heterocycles. The van der Waals surface area contributed by atoms with E-state index in [2.05, 4.69) is 49.4 Å². The number of carbonyl (C=O) groups excluding carboxylic acids is 1. The number of esters is 1. The van der Waals surface area contributed by atoms with Crippen LogP contribution >= 0.6 is 11.8 Å². The third kappa shape index (κ3) is 8.23. The third-order valence-corrected chi connectivity index (χ3v) is 9.21. The maximum absolute atomic E-state index is 12.1. The lowest BCUT2D eigenvalue weighted by atomic mass is 9.96. The Morgan fingerprint density at radius 1 is 0.946 bits per heavy atom. The molecule has 0 bridgehead atoms. The molecule has 1 saturated heterocycles. The van der Waals surface area contributed by atoms with Gasteiger partial charge in [-0.1, -0.05) is 75.4 Å². The van der Waals surface area contributed by atoms with E-state index >= 15 is 0 Å². The second kappa shape index (κ2) is 14.8. The van der Waals surface area contributed by atoms with Gasteiger partial charge in [-0.05, 0) is 36.2 Å². The molecule has 2 N–H and O–H groups in total. The molecule has 37 heavy (non-hydrogen) atoms. The van der Waals surface area contributed by atoms with E-state index < -0.39 is 0 Å². The molecule has 2 aromatic rings. The van der Waals surface area contributed by atoms with Crippen molar-refractivity contribution in [1.29, 1.82) is 0 Å². The molecule has 202 valence electrons. The number of unbranched alkanes of at least 4 members (excludes halogenated alkanes) is 6. The molecule has 0 radical (unpaired) electrons. The molecular formula is C31H46N2O3S+2. The van der Waals surface area contributed by atoms with Crippen molar-refractivity contribution >= 4 is 17.7 Å². The van der Waals surface area contributed by atoms with E-state index in [1.807, 2.05) is 11.8 Å². The Labute approximate surface area is 227 Å². The zero-order valence-corrected chi connectivity index (χ0v) is 23.7. The van der Waals surface area contributed by atoms with Crippen LogP contribution in [0.1, 0.15) is 75.5 Å². The smallest absolute Gasteiger partial charge is 0.305 e. The Bertz CT molecular complexity index is 990. The lowest BCUT2D eigenvalue weighted by Crippen LogP contribution is -3.28. The second-order valence-corrected chi connectivity index (χ2v) is 11.7. The fourth-order valence-corrected chi connectivity index (χ4v) is 6.86. The number of ether oxygens (including phenoxy) is 2. The summed E-state index contributed by atoms with van der Waals surface area (Å²) in [6.07, 6.45) is 10.2. The zero-order valence-electron chi connectivity index (χ0n) is 22.9. The Hall–Kier alpha value is -2.02. The molecule has 0 spiro atoms. The van der Waals surface area contributed by atoms with E-state index in [1.54, 1.807) is 16.9 Å². The van der Waals surface area contributed by atoms with Crippen LogP contribution in [0.15, 0.2) is 52.3 Å². The first kappa shape index (κ1) is 28.0. The lowest BCUT2D eigenvalue weighted by Gasteiger charge is -2.35. The predicted octanol–water partition coefficient (Wildman–Crippen LogP) is 3.91. The molecule has 2 heterocycles. The van der Waals surface area contributed by atoms with Gasteiger partial charge in [0.25, 0.3) is 0 Å².